The van der Waals surface area contributed by atoms with Crippen molar-refractivity contribution in [3.05, 3.63) is 53.2 Å². The monoisotopic (exact) mass is 366 g/mol. The van der Waals surface area contributed by atoms with Crippen molar-refractivity contribution in [2.24, 2.45) is 0 Å². The maximum Gasteiger partial charge on any atom is 0.220 e. The van der Waals surface area contributed by atoms with Gasteiger partial charge >= 0.3 is 0 Å². The highest BCUT2D eigenvalue weighted by atomic mass is 16.5. The minimum Gasteiger partial charge on any atom is -0.493 e. The highest BCUT2D eigenvalue weighted by molar-refractivity contribution is 5.77. The summed E-state index contributed by atoms with van der Waals surface area (Å²) in [5.41, 5.74) is 4.92. The van der Waals surface area contributed by atoms with Crippen molar-refractivity contribution >= 4 is 5.91 Å². The zero-order valence-electron chi connectivity index (χ0n) is 15.4. The van der Waals surface area contributed by atoms with E-state index in [9.17, 15) is 4.79 Å². The number of amides is 1. The Morgan fingerprint density at radius 3 is 2.96 bits per heavy atom. The zero-order chi connectivity index (χ0) is 18.8. The normalized spacial score (nSPS) is 15.9. The van der Waals surface area contributed by atoms with Crippen LogP contribution in [0.25, 0.3) is 11.1 Å². The fourth-order valence-electron chi connectivity index (χ4n) is 3.50. The van der Waals surface area contributed by atoms with Gasteiger partial charge in [-0.1, -0.05) is 11.2 Å². The van der Waals surface area contributed by atoms with Gasteiger partial charge in [-0.15, -0.1) is 0 Å². The molecule has 4 rings (SSSR count). The first kappa shape index (κ1) is 17.3. The molecule has 1 aliphatic rings. The van der Waals surface area contributed by atoms with Crippen LogP contribution in [-0.4, -0.2) is 27.9 Å². The molecule has 7 heteroatoms. The maximum absolute atomic E-state index is 12.5. The van der Waals surface area contributed by atoms with Crippen molar-refractivity contribution in [2.45, 2.75) is 39.2 Å². The largest absolute Gasteiger partial charge is 0.493 e. The summed E-state index contributed by atoms with van der Waals surface area (Å²) in [7, 11) is 0. The van der Waals surface area contributed by atoms with E-state index in [4.69, 9.17) is 9.26 Å². The van der Waals surface area contributed by atoms with E-state index in [1.54, 1.807) is 6.20 Å². The number of hydrogen-bond donors (Lipinski definition) is 2. The average Bonchev–Trinajstić information content (AvgIpc) is 3.31. The number of carbonyl (C=O) groups is 1. The number of benzene rings is 1. The highest BCUT2D eigenvalue weighted by Gasteiger charge is 2.24. The van der Waals surface area contributed by atoms with Gasteiger partial charge < -0.3 is 14.6 Å². The molecule has 0 bridgehead atoms. The molecule has 3 heterocycles. The van der Waals surface area contributed by atoms with Gasteiger partial charge in [0.05, 0.1) is 24.5 Å². The lowest BCUT2D eigenvalue weighted by molar-refractivity contribution is -0.122. The molecule has 0 spiro atoms. The molecule has 0 saturated heterocycles. The second-order valence-electron chi connectivity index (χ2n) is 6.80. The van der Waals surface area contributed by atoms with Crippen LogP contribution >= 0.6 is 0 Å². The Morgan fingerprint density at radius 1 is 1.33 bits per heavy atom. The third kappa shape index (κ3) is 3.58. The molecule has 27 heavy (non-hydrogen) atoms. The number of ether oxygens (including phenoxy) is 1. The number of nitrogens with zero attached hydrogens (tertiary/aromatic N) is 2. The Labute approximate surface area is 157 Å². The molecule has 1 aromatic carbocycles. The number of nitrogens with one attached hydrogen (secondary N) is 2. The minimum atomic E-state index is -0.0576. The molecule has 0 radical (unpaired) electrons. The van der Waals surface area contributed by atoms with Crippen LogP contribution in [0.5, 0.6) is 5.75 Å². The van der Waals surface area contributed by atoms with E-state index in [1.807, 2.05) is 32.2 Å². The van der Waals surface area contributed by atoms with E-state index in [0.29, 0.717) is 19.4 Å². The number of hydrogen-bond acceptors (Lipinski definition) is 5. The van der Waals surface area contributed by atoms with E-state index in [1.165, 1.54) is 0 Å². The molecule has 140 valence electrons. The second kappa shape index (κ2) is 7.26. The summed E-state index contributed by atoms with van der Waals surface area (Å²) in [5, 5.41) is 13.9. The molecule has 1 atom stereocenters. The van der Waals surface area contributed by atoms with E-state index in [-0.39, 0.29) is 11.9 Å². The number of rotatable bonds is 5. The van der Waals surface area contributed by atoms with E-state index >= 15 is 0 Å². The van der Waals surface area contributed by atoms with Gasteiger partial charge in [-0.3, -0.25) is 9.89 Å². The van der Waals surface area contributed by atoms with Crippen LogP contribution in [0.15, 0.2) is 35.1 Å². The van der Waals surface area contributed by atoms with Gasteiger partial charge in [-0.2, -0.15) is 5.10 Å². The number of fused-ring (bicyclic) bond motifs is 1. The number of aryl methyl sites for hydroxylation is 2. The lowest BCUT2D eigenvalue weighted by Crippen LogP contribution is -2.32. The predicted molar refractivity (Wildman–Crippen MR) is 99.3 cm³/mol. The lowest BCUT2D eigenvalue weighted by atomic mass is 9.96. The highest BCUT2D eigenvalue weighted by Crippen LogP contribution is 2.35. The molecular weight excluding hydrogens is 344 g/mol. The van der Waals surface area contributed by atoms with Crippen molar-refractivity contribution in [3.63, 3.8) is 0 Å². The molecule has 1 amide bonds. The fourth-order valence-corrected chi connectivity index (χ4v) is 3.50. The second-order valence-corrected chi connectivity index (χ2v) is 6.80. The van der Waals surface area contributed by atoms with Crippen molar-refractivity contribution in [2.75, 3.05) is 6.61 Å². The Bertz CT molecular complexity index is 927. The minimum absolute atomic E-state index is 0.0153. The fraction of sp³-hybridized carbons (Fsp3) is 0.350. The third-order valence-electron chi connectivity index (χ3n) is 5.00. The van der Waals surface area contributed by atoms with Crippen molar-refractivity contribution in [1.82, 2.24) is 20.7 Å². The number of H-pyrrole nitrogens is 1. The molecule has 2 aromatic heterocycles. The number of aromatic nitrogens is 3. The molecule has 0 saturated carbocycles. The van der Waals surface area contributed by atoms with Crippen molar-refractivity contribution in [1.29, 1.82) is 0 Å². The van der Waals surface area contributed by atoms with Gasteiger partial charge in [0, 0.05) is 35.7 Å². The Hall–Kier alpha value is -3.09. The lowest BCUT2D eigenvalue weighted by Gasteiger charge is -2.27. The van der Waals surface area contributed by atoms with Crippen LogP contribution in [0.2, 0.25) is 0 Å². The Balaban J connectivity index is 1.47. The van der Waals surface area contributed by atoms with Gasteiger partial charge in [-0.05, 0) is 38.0 Å². The molecular formula is C20H22N4O3. The maximum atomic E-state index is 12.5. The molecule has 7 nitrogen and oxygen atoms in total. The smallest absolute Gasteiger partial charge is 0.220 e. The number of carbonyl (C=O) groups excluding carboxylic acids is 1. The molecule has 3 aromatic rings. The van der Waals surface area contributed by atoms with Gasteiger partial charge in [0.2, 0.25) is 5.91 Å². The standard InChI is InChI=1S/C20H22N4O3/c1-12-16(13(2)27-24-12)4-6-20(25)23-18-7-8-26-19-5-3-14(9-17(18)19)15-10-21-22-11-15/h3,5,9-11,18H,4,6-8H2,1-2H3,(H,21,22)(H,23,25). The summed E-state index contributed by atoms with van der Waals surface area (Å²) in [6, 6.07) is 5.97. The summed E-state index contributed by atoms with van der Waals surface area (Å²) in [5.74, 6) is 1.62. The molecule has 1 aliphatic heterocycles. The average molecular weight is 366 g/mol. The van der Waals surface area contributed by atoms with Crippen LogP contribution in [0, 0.1) is 13.8 Å². The number of aromatic amines is 1. The van der Waals surface area contributed by atoms with Crippen molar-refractivity contribution < 1.29 is 14.1 Å². The Morgan fingerprint density at radius 2 is 2.22 bits per heavy atom. The van der Waals surface area contributed by atoms with Crippen LogP contribution in [-0.2, 0) is 11.2 Å². The van der Waals surface area contributed by atoms with Gasteiger partial charge in [-0.25, -0.2) is 0 Å². The summed E-state index contributed by atoms with van der Waals surface area (Å²) in [6.45, 7) is 4.36. The Kier molecular flexibility index (Phi) is 4.66. The summed E-state index contributed by atoms with van der Waals surface area (Å²) in [4.78, 5) is 12.5. The SMILES string of the molecule is Cc1noc(C)c1CCC(=O)NC1CCOc2ccc(-c3cn[nH]c3)cc21. The van der Waals surface area contributed by atoms with Gasteiger partial charge in [0.25, 0.3) is 0 Å². The summed E-state index contributed by atoms with van der Waals surface area (Å²) >= 11 is 0. The van der Waals surface area contributed by atoms with E-state index in [0.717, 1.165) is 45.9 Å². The summed E-state index contributed by atoms with van der Waals surface area (Å²) in [6.07, 6.45) is 5.40. The molecule has 1 unspecified atom stereocenters. The van der Waals surface area contributed by atoms with Crippen LogP contribution in [0.4, 0.5) is 0 Å². The van der Waals surface area contributed by atoms with Gasteiger partial charge in [0.1, 0.15) is 11.5 Å². The molecule has 0 fully saturated rings. The van der Waals surface area contributed by atoms with E-state index in [2.05, 4.69) is 26.7 Å². The van der Waals surface area contributed by atoms with Crippen molar-refractivity contribution in [3.8, 4) is 16.9 Å². The molecule has 0 aliphatic carbocycles. The first-order valence-electron chi connectivity index (χ1n) is 9.09. The summed E-state index contributed by atoms with van der Waals surface area (Å²) < 4.78 is 10.9. The van der Waals surface area contributed by atoms with Crippen LogP contribution in [0.1, 0.15) is 41.5 Å². The van der Waals surface area contributed by atoms with Crippen LogP contribution < -0.4 is 10.1 Å². The van der Waals surface area contributed by atoms with Crippen LogP contribution in [0.3, 0.4) is 0 Å². The van der Waals surface area contributed by atoms with Gasteiger partial charge in [0.15, 0.2) is 0 Å². The quantitative estimate of drug-likeness (QED) is 0.723. The molecule has 2 N–H and O–H groups in total. The predicted octanol–water partition coefficient (Wildman–Crippen LogP) is 3.25. The zero-order valence-corrected chi connectivity index (χ0v) is 15.4. The first-order valence-corrected chi connectivity index (χ1v) is 9.09. The first-order chi connectivity index (χ1) is 13.1. The van der Waals surface area contributed by atoms with E-state index < -0.39 is 0 Å². The topological polar surface area (TPSA) is 93.0 Å². The third-order valence-corrected chi connectivity index (χ3v) is 5.00.